The van der Waals surface area contributed by atoms with Crippen LogP contribution in [0.2, 0.25) is 0 Å². The van der Waals surface area contributed by atoms with Crippen LogP contribution in [0, 0.1) is 5.92 Å². The van der Waals surface area contributed by atoms with Gasteiger partial charge in [-0.25, -0.2) is 4.79 Å². The van der Waals surface area contributed by atoms with Gasteiger partial charge in [0.1, 0.15) is 11.5 Å². The first-order chi connectivity index (χ1) is 10.5. The first-order valence-corrected chi connectivity index (χ1v) is 8.04. The molecule has 22 heavy (non-hydrogen) atoms. The van der Waals surface area contributed by atoms with E-state index in [4.69, 9.17) is 9.47 Å². The Morgan fingerprint density at radius 3 is 2.18 bits per heavy atom. The summed E-state index contributed by atoms with van der Waals surface area (Å²) in [4.78, 5) is 12.0. The minimum Gasteiger partial charge on any atom is -0.494 e. The van der Waals surface area contributed by atoms with Crippen LogP contribution < -0.4 is 9.47 Å². The third-order valence-corrected chi connectivity index (χ3v) is 3.61. The van der Waals surface area contributed by atoms with Crippen molar-refractivity contribution in [2.75, 3.05) is 6.61 Å². The van der Waals surface area contributed by atoms with Gasteiger partial charge >= 0.3 is 5.97 Å². The van der Waals surface area contributed by atoms with E-state index >= 15 is 0 Å². The van der Waals surface area contributed by atoms with Crippen LogP contribution in [0.3, 0.4) is 0 Å². The zero-order valence-corrected chi connectivity index (χ0v) is 14.3. The highest BCUT2D eigenvalue weighted by Crippen LogP contribution is 2.19. The quantitative estimate of drug-likeness (QED) is 0.530. The summed E-state index contributed by atoms with van der Waals surface area (Å²) in [5, 5.41) is 0. The van der Waals surface area contributed by atoms with E-state index in [0.717, 1.165) is 16.6 Å². The highest BCUT2D eigenvalue weighted by atomic mass is 79.9. The van der Waals surface area contributed by atoms with Crippen molar-refractivity contribution in [3.63, 3.8) is 0 Å². The van der Waals surface area contributed by atoms with E-state index in [9.17, 15) is 4.79 Å². The first-order valence-electron chi connectivity index (χ1n) is 7.25. The lowest BCUT2D eigenvalue weighted by Gasteiger charge is -2.09. The van der Waals surface area contributed by atoms with Crippen molar-refractivity contribution in [3.05, 3.63) is 58.6 Å². The molecule has 0 unspecified atom stereocenters. The van der Waals surface area contributed by atoms with Crippen molar-refractivity contribution in [2.45, 2.75) is 20.3 Å². The molecule has 0 N–H and O–H groups in total. The van der Waals surface area contributed by atoms with Crippen LogP contribution in [-0.4, -0.2) is 12.6 Å². The monoisotopic (exact) mass is 362 g/mol. The van der Waals surface area contributed by atoms with Gasteiger partial charge in [0, 0.05) is 4.47 Å². The van der Waals surface area contributed by atoms with Gasteiger partial charge in [0.15, 0.2) is 0 Å². The Labute approximate surface area is 139 Å². The van der Waals surface area contributed by atoms with E-state index in [1.54, 1.807) is 36.4 Å². The standard InChI is InChI=1S/C18H19BrO3/c1-13(2)11-12-21-16-7-3-14(4-8-16)18(20)22-17-9-5-15(19)6-10-17/h3-10,13H,11-12H2,1-2H3. The van der Waals surface area contributed by atoms with Gasteiger partial charge in [-0.15, -0.1) is 0 Å². The summed E-state index contributed by atoms with van der Waals surface area (Å²) in [5.41, 5.74) is 0.499. The van der Waals surface area contributed by atoms with E-state index in [2.05, 4.69) is 29.8 Å². The van der Waals surface area contributed by atoms with E-state index in [0.29, 0.717) is 23.8 Å². The van der Waals surface area contributed by atoms with Gasteiger partial charge in [0.05, 0.1) is 12.2 Å². The lowest BCUT2D eigenvalue weighted by Crippen LogP contribution is -2.08. The molecule has 0 aromatic heterocycles. The summed E-state index contributed by atoms with van der Waals surface area (Å²) in [5.74, 6) is 1.52. The van der Waals surface area contributed by atoms with E-state index in [1.165, 1.54) is 0 Å². The number of halogens is 1. The third-order valence-electron chi connectivity index (χ3n) is 3.08. The molecule has 0 spiro atoms. The molecule has 0 aliphatic heterocycles. The Hall–Kier alpha value is -1.81. The SMILES string of the molecule is CC(C)CCOc1ccc(C(=O)Oc2ccc(Br)cc2)cc1. The van der Waals surface area contributed by atoms with Crippen LogP contribution in [0.4, 0.5) is 0 Å². The van der Waals surface area contributed by atoms with E-state index < -0.39 is 0 Å². The number of rotatable bonds is 6. The zero-order chi connectivity index (χ0) is 15.9. The fourth-order valence-corrected chi connectivity index (χ4v) is 2.03. The maximum absolute atomic E-state index is 12.0. The Bertz CT molecular complexity index is 603. The number of benzene rings is 2. The Morgan fingerprint density at radius 1 is 1.00 bits per heavy atom. The highest BCUT2D eigenvalue weighted by molar-refractivity contribution is 9.10. The largest absolute Gasteiger partial charge is 0.494 e. The van der Waals surface area contributed by atoms with Crippen molar-refractivity contribution >= 4 is 21.9 Å². The topological polar surface area (TPSA) is 35.5 Å². The maximum atomic E-state index is 12.0. The number of carbonyl (C=O) groups is 1. The van der Waals surface area contributed by atoms with E-state index in [-0.39, 0.29) is 5.97 Å². The second-order valence-electron chi connectivity index (χ2n) is 5.40. The van der Waals surface area contributed by atoms with Gasteiger partial charge in [-0.1, -0.05) is 29.8 Å². The average Bonchev–Trinajstić information content (AvgIpc) is 2.50. The Morgan fingerprint density at radius 2 is 1.59 bits per heavy atom. The summed E-state index contributed by atoms with van der Waals surface area (Å²) in [6.07, 6.45) is 1.01. The molecule has 0 radical (unpaired) electrons. The van der Waals surface area contributed by atoms with Gasteiger partial charge in [-0.05, 0) is 60.9 Å². The lowest BCUT2D eigenvalue weighted by molar-refractivity contribution is 0.0734. The number of ether oxygens (including phenoxy) is 2. The van der Waals surface area contributed by atoms with Crippen LogP contribution in [0.1, 0.15) is 30.6 Å². The summed E-state index contributed by atoms with van der Waals surface area (Å²) >= 11 is 3.34. The second kappa shape index (κ2) is 7.99. The molecule has 0 heterocycles. The number of hydrogen-bond acceptors (Lipinski definition) is 3. The van der Waals surface area contributed by atoms with Crippen LogP contribution in [-0.2, 0) is 0 Å². The minimum atomic E-state index is -0.379. The third kappa shape index (κ3) is 5.19. The molecule has 116 valence electrons. The second-order valence-corrected chi connectivity index (χ2v) is 6.31. The smallest absolute Gasteiger partial charge is 0.343 e. The fourth-order valence-electron chi connectivity index (χ4n) is 1.77. The van der Waals surface area contributed by atoms with Gasteiger partial charge in [0.2, 0.25) is 0 Å². The number of hydrogen-bond donors (Lipinski definition) is 0. The molecule has 0 aliphatic rings. The predicted octanol–water partition coefficient (Wildman–Crippen LogP) is 5.09. The van der Waals surface area contributed by atoms with Gasteiger partial charge in [-0.2, -0.15) is 0 Å². The molecule has 2 aromatic rings. The molecule has 2 rings (SSSR count). The average molecular weight is 363 g/mol. The number of esters is 1. The van der Waals surface area contributed by atoms with Gasteiger partial charge in [0.25, 0.3) is 0 Å². The van der Waals surface area contributed by atoms with Crippen molar-refractivity contribution in [2.24, 2.45) is 5.92 Å². The molecule has 0 amide bonds. The molecule has 0 bridgehead atoms. The summed E-state index contributed by atoms with van der Waals surface area (Å²) in [6, 6.07) is 14.1. The van der Waals surface area contributed by atoms with Crippen LogP contribution in [0.15, 0.2) is 53.0 Å². The minimum absolute atomic E-state index is 0.379. The van der Waals surface area contributed by atoms with E-state index in [1.807, 2.05) is 12.1 Å². The summed E-state index contributed by atoms with van der Waals surface area (Å²) in [6.45, 7) is 5.00. The van der Waals surface area contributed by atoms with Crippen LogP contribution in [0.5, 0.6) is 11.5 Å². The molecule has 0 aliphatic carbocycles. The highest BCUT2D eigenvalue weighted by Gasteiger charge is 2.08. The summed E-state index contributed by atoms with van der Waals surface area (Å²) < 4.78 is 11.9. The predicted molar refractivity (Wildman–Crippen MR) is 90.5 cm³/mol. The van der Waals surface area contributed by atoms with Crippen molar-refractivity contribution in [3.8, 4) is 11.5 Å². The Kier molecular flexibility index (Phi) is 6.01. The molecule has 4 heteroatoms. The van der Waals surface area contributed by atoms with Crippen LogP contribution in [0.25, 0.3) is 0 Å². The van der Waals surface area contributed by atoms with Gasteiger partial charge in [-0.3, -0.25) is 0 Å². The summed E-state index contributed by atoms with van der Waals surface area (Å²) in [7, 11) is 0. The molecular formula is C18H19BrO3. The van der Waals surface area contributed by atoms with Crippen molar-refractivity contribution in [1.29, 1.82) is 0 Å². The molecule has 0 saturated heterocycles. The van der Waals surface area contributed by atoms with Crippen molar-refractivity contribution < 1.29 is 14.3 Å². The Balaban J connectivity index is 1.91. The van der Waals surface area contributed by atoms with Gasteiger partial charge < -0.3 is 9.47 Å². The maximum Gasteiger partial charge on any atom is 0.343 e. The fraction of sp³-hybridized carbons (Fsp3) is 0.278. The molecule has 3 nitrogen and oxygen atoms in total. The van der Waals surface area contributed by atoms with Crippen LogP contribution >= 0.6 is 15.9 Å². The molecule has 0 atom stereocenters. The first kappa shape index (κ1) is 16.6. The zero-order valence-electron chi connectivity index (χ0n) is 12.7. The number of carbonyl (C=O) groups excluding carboxylic acids is 1. The lowest BCUT2D eigenvalue weighted by atomic mass is 10.1. The van der Waals surface area contributed by atoms with Crippen molar-refractivity contribution in [1.82, 2.24) is 0 Å². The molecule has 0 saturated carbocycles. The molecule has 2 aromatic carbocycles. The molecular weight excluding hydrogens is 344 g/mol. The normalized spacial score (nSPS) is 10.5. The molecule has 0 fully saturated rings.